The van der Waals surface area contributed by atoms with Crippen molar-refractivity contribution in [3.63, 3.8) is 0 Å². The smallest absolute Gasteiger partial charge is 0.435 e. The van der Waals surface area contributed by atoms with Gasteiger partial charge in [0.1, 0.15) is 17.2 Å². The SMILES string of the molecule is CNCc1cc(F)c(-c2cc3c(C)nn(C(=O)OC(C)(C)C)c3cn2)c(F)c1. The summed E-state index contributed by atoms with van der Waals surface area (Å²) in [7, 11) is 1.70. The second kappa shape index (κ2) is 7.27. The van der Waals surface area contributed by atoms with Crippen LogP contribution in [0.4, 0.5) is 13.6 Å². The van der Waals surface area contributed by atoms with E-state index >= 15 is 0 Å². The lowest BCUT2D eigenvalue weighted by Crippen LogP contribution is -2.27. The maximum atomic E-state index is 14.5. The quantitative estimate of drug-likeness (QED) is 0.729. The van der Waals surface area contributed by atoms with Gasteiger partial charge in [0, 0.05) is 11.9 Å². The molecule has 0 aliphatic carbocycles. The Labute approximate surface area is 161 Å². The molecule has 6 nitrogen and oxygen atoms in total. The standard InChI is InChI=1S/C20H22F2N4O2/c1-11-13-8-16(18-14(21)6-12(9-23-5)7-15(18)22)24-10-17(13)26(25-11)19(27)28-20(2,3)4/h6-8,10,23H,9H2,1-5H3. The van der Waals surface area contributed by atoms with E-state index in [-0.39, 0.29) is 11.3 Å². The van der Waals surface area contributed by atoms with Gasteiger partial charge in [-0.3, -0.25) is 4.98 Å². The predicted octanol–water partition coefficient (Wildman–Crippen LogP) is 4.19. The number of aryl methyl sites for hydroxylation is 1. The Morgan fingerprint density at radius 3 is 2.43 bits per heavy atom. The fourth-order valence-electron chi connectivity index (χ4n) is 2.92. The first-order valence-electron chi connectivity index (χ1n) is 8.82. The van der Waals surface area contributed by atoms with E-state index in [2.05, 4.69) is 15.4 Å². The summed E-state index contributed by atoms with van der Waals surface area (Å²) < 4.78 is 35.5. The van der Waals surface area contributed by atoms with Crippen LogP contribution in [-0.2, 0) is 11.3 Å². The van der Waals surface area contributed by atoms with Crippen LogP contribution in [0.15, 0.2) is 24.4 Å². The van der Waals surface area contributed by atoms with Crippen LogP contribution in [-0.4, -0.2) is 33.5 Å². The molecule has 3 aromatic rings. The lowest BCUT2D eigenvalue weighted by molar-refractivity contribution is 0.0522. The number of halogens is 2. The van der Waals surface area contributed by atoms with E-state index in [4.69, 9.17) is 4.74 Å². The highest BCUT2D eigenvalue weighted by atomic mass is 19.1. The molecule has 0 bridgehead atoms. The zero-order valence-corrected chi connectivity index (χ0v) is 16.4. The second-order valence-corrected chi connectivity index (χ2v) is 7.53. The van der Waals surface area contributed by atoms with Crippen molar-refractivity contribution in [3.8, 4) is 11.3 Å². The Balaban J connectivity index is 2.07. The molecule has 0 radical (unpaired) electrons. The summed E-state index contributed by atoms with van der Waals surface area (Å²) in [6.07, 6.45) is 0.726. The van der Waals surface area contributed by atoms with E-state index in [1.807, 2.05) is 0 Å². The molecule has 2 heterocycles. The molecule has 0 amide bonds. The van der Waals surface area contributed by atoms with E-state index in [0.29, 0.717) is 28.7 Å². The first-order valence-corrected chi connectivity index (χ1v) is 8.82. The molecule has 1 N–H and O–H groups in total. The molecule has 0 aliphatic rings. The molecule has 0 spiro atoms. The van der Waals surface area contributed by atoms with Crippen LogP contribution in [0.25, 0.3) is 22.2 Å². The van der Waals surface area contributed by atoms with Crippen molar-refractivity contribution in [1.82, 2.24) is 20.1 Å². The van der Waals surface area contributed by atoms with Crippen LogP contribution in [0.5, 0.6) is 0 Å². The van der Waals surface area contributed by atoms with Gasteiger partial charge in [0.2, 0.25) is 0 Å². The number of nitrogens with zero attached hydrogens (tertiary/aromatic N) is 3. The number of hydrogen-bond acceptors (Lipinski definition) is 5. The highest BCUT2D eigenvalue weighted by Gasteiger charge is 2.23. The first kappa shape index (κ1) is 19.9. The summed E-state index contributed by atoms with van der Waals surface area (Å²) in [6.45, 7) is 7.31. The van der Waals surface area contributed by atoms with E-state index < -0.39 is 23.3 Å². The van der Waals surface area contributed by atoms with Crippen LogP contribution in [0.3, 0.4) is 0 Å². The fraction of sp³-hybridized carbons (Fsp3) is 0.350. The number of pyridine rings is 1. The van der Waals surface area contributed by atoms with E-state index in [1.165, 1.54) is 24.4 Å². The molecule has 1 aromatic carbocycles. The van der Waals surface area contributed by atoms with Gasteiger partial charge in [0.05, 0.1) is 28.7 Å². The van der Waals surface area contributed by atoms with Crippen LogP contribution < -0.4 is 5.32 Å². The van der Waals surface area contributed by atoms with Crippen molar-refractivity contribution in [2.24, 2.45) is 0 Å². The van der Waals surface area contributed by atoms with Crippen molar-refractivity contribution in [1.29, 1.82) is 0 Å². The number of fused-ring (bicyclic) bond motifs is 1. The normalized spacial score (nSPS) is 11.8. The number of ether oxygens (including phenoxy) is 1. The van der Waals surface area contributed by atoms with Crippen molar-refractivity contribution >= 4 is 17.0 Å². The van der Waals surface area contributed by atoms with Crippen LogP contribution in [0.1, 0.15) is 32.0 Å². The van der Waals surface area contributed by atoms with Gasteiger partial charge in [-0.2, -0.15) is 9.78 Å². The first-order chi connectivity index (χ1) is 13.1. The summed E-state index contributed by atoms with van der Waals surface area (Å²) >= 11 is 0. The van der Waals surface area contributed by atoms with E-state index in [1.54, 1.807) is 34.7 Å². The Hall–Kier alpha value is -2.87. The summed E-state index contributed by atoms with van der Waals surface area (Å²) in [5, 5.41) is 7.62. The zero-order chi connectivity index (χ0) is 20.6. The minimum atomic E-state index is -0.700. The minimum absolute atomic E-state index is 0.130. The van der Waals surface area contributed by atoms with Crippen LogP contribution in [0, 0.1) is 18.6 Å². The van der Waals surface area contributed by atoms with Gasteiger partial charge >= 0.3 is 6.09 Å². The number of rotatable bonds is 3. The van der Waals surface area contributed by atoms with Gasteiger partial charge in [-0.25, -0.2) is 13.6 Å². The minimum Gasteiger partial charge on any atom is -0.442 e. The lowest BCUT2D eigenvalue weighted by Gasteiger charge is -2.19. The monoisotopic (exact) mass is 388 g/mol. The molecule has 3 rings (SSSR count). The molecule has 28 heavy (non-hydrogen) atoms. The van der Waals surface area contributed by atoms with Crippen molar-refractivity contribution in [3.05, 3.63) is 47.3 Å². The number of aromatic nitrogens is 3. The lowest BCUT2D eigenvalue weighted by atomic mass is 10.0. The van der Waals surface area contributed by atoms with Crippen molar-refractivity contribution in [2.75, 3.05) is 7.05 Å². The van der Waals surface area contributed by atoms with Gasteiger partial charge < -0.3 is 10.1 Å². The third-order valence-corrected chi connectivity index (χ3v) is 4.06. The van der Waals surface area contributed by atoms with Crippen LogP contribution in [0.2, 0.25) is 0 Å². The van der Waals surface area contributed by atoms with Gasteiger partial charge in [0.25, 0.3) is 0 Å². The molecule has 0 saturated carbocycles. The third-order valence-electron chi connectivity index (χ3n) is 4.06. The number of carbonyl (C=O) groups is 1. The molecule has 148 valence electrons. The molecule has 8 heteroatoms. The highest BCUT2D eigenvalue weighted by Crippen LogP contribution is 2.29. The average molecular weight is 388 g/mol. The Bertz CT molecular complexity index is 1030. The van der Waals surface area contributed by atoms with Crippen molar-refractivity contribution in [2.45, 2.75) is 39.8 Å². The van der Waals surface area contributed by atoms with Gasteiger partial charge in [-0.1, -0.05) is 0 Å². The second-order valence-electron chi connectivity index (χ2n) is 7.53. The molecular formula is C20H22F2N4O2. The molecule has 0 aliphatic heterocycles. The Morgan fingerprint density at radius 2 is 1.86 bits per heavy atom. The average Bonchev–Trinajstić information content (AvgIpc) is 2.90. The van der Waals surface area contributed by atoms with Gasteiger partial charge in [-0.05, 0) is 58.5 Å². The van der Waals surface area contributed by atoms with Crippen LogP contribution >= 0.6 is 0 Å². The summed E-state index contributed by atoms with van der Waals surface area (Å²) in [4.78, 5) is 16.5. The third kappa shape index (κ3) is 3.87. The number of benzene rings is 1. The summed E-state index contributed by atoms with van der Waals surface area (Å²) in [6, 6.07) is 4.08. The topological polar surface area (TPSA) is 69.0 Å². The number of nitrogens with one attached hydrogen (secondary N) is 1. The Kier molecular flexibility index (Phi) is 5.16. The number of carbonyl (C=O) groups excluding carboxylic acids is 1. The van der Waals surface area contributed by atoms with Crippen molar-refractivity contribution < 1.29 is 18.3 Å². The maximum absolute atomic E-state index is 14.5. The molecule has 0 unspecified atom stereocenters. The molecule has 0 saturated heterocycles. The largest absolute Gasteiger partial charge is 0.442 e. The van der Waals surface area contributed by atoms with E-state index in [0.717, 1.165) is 4.68 Å². The molecular weight excluding hydrogens is 366 g/mol. The van der Waals surface area contributed by atoms with Gasteiger partial charge in [-0.15, -0.1) is 0 Å². The Morgan fingerprint density at radius 1 is 1.21 bits per heavy atom. The van der Waals surface area contributed by atoms with E-state index in [9.17, 15) is 13.6 Å². The summed E-state index contributed by atoms with van der Waals surface area (Å²) in [5.41, 5.74) is 0.658. The predicted molar refractivity (Wildman–Crippen MR) is 102 cm³/mol. The number of hydrogen-bond donors (Lipinski definition) is 1. The molecule has 2 aromatic heterocycles. The molecule has 0 fully saturated rings. The fourth-order valence-corrected chi connectivity index (χ4v) is 2.92. The zero-order valence-electron chi connectivity index (χ0n) is 16.4. The van der Waals surface area contributed by atoms with Gasteiger partial charge in [0.15, 0.2) is 0 Å². The highest BCUT2D eigenvalue weighted by molar-refractivity contribution is 5.91. The molecule has 0 atom stereocenters. The summed E-state index contributed by atoms with van der Waals surface area (Å²) in [5.74, 6) is -1.40. The maximum Gasteiger partial charge on any atom is 0.435 e.